The molecule has 0 aliphatic carbocycles. The van der Waals surface area contributed by atoms with Crippen molar-refractivity contribution in [1.82, 2.24) is 0 Å². The van der Waals surface area contributed by atoms with E-state index in [-0.39, 0.29) is 19.8 Å². The Labute approximate surface area is 157 Å². The molecule has 0 bridgehead atoms. The van der Waals surface area contributed by atoms with Crippen LogP contribution < -0.4 is 0 Å². The Hall–Kier alpha value is -0.660. The van der Waals surface area contributed by atoms with Crippen molar-refractivity contribution in [2.75, 3.05) is 19.8 Å². The quantitative estimate of drug-likeness (QED) is 0.194. The van der Waals surface area contributed by atoms with E-state index in [1.165, 1.54) is 0 Å². The van der Waals surface area contributed by atoms with Gasteiger partial charge in [0.05, 0.1) is 19.8 Å². The first-order valence-corrected chi connectivity index (χ1v) is 9.10. The predicted octanol–water partition coefficient (Wildman–Crippen LogP) is -2.38. The highest BCUT2D eigenvalue weighted by atomic mass is 16.7. The summed E-state index contributed by atoms with van der Waals surface area (Å²) in [6, 6.07) is 0. The molecule has 10 nitrogen and oxygen atoms in total. The summed E-state index contributed by atoms with van der Waals surface area (Å²) in [5.41, 5.74) is 0. The van der Waals surface area contributed by atoms with Crippen LogP contribution in [0.5, 0.6) is 0 Å². The summed E-state index contributed by atoms with van der Waals surface area (Å²) in [4.78, 5) is 0. The topological polar surface area (TPSA) is 158 Å². The average molecular weight is 394 g/mol. The van der Waals surface area contributed by atoms with Gasteiger partial charge in [-0.15, -0.1) is 0 Å². The fraction of sp³-hybridized carbons (Fsp3) is 0.882. The van der Waals surface area contributed by atoms with Crippen molar-refractivity contribution >= 4 is 0 Å². The average Bonchev–Trinajstić information content (AvgIpc) is 2.66. The molecule has 0 aromatic carbocycles. The molecule has 158 valence electrons. The predicted molar refractivity (Wildman–Crippen MR) is 90.4 cm³/mol. The Morgan fingerprint density at radius 1 is 0.852 bits per heavy atom. The lowest BCUT2D eigenvalue weighted by molar-refractivity contribution is -0.320. The van der Waals surface area contributed by atoms with Crippen LogP contribution in [-0.4, -0.2) is 106 Å². The van der Waals surface area contributed by atoms with Gasteiger partial charge in [0.25, 0.3) is 0 Å². The van der Waals surface area contributed by atoms with Crippen LogP contribution in [0, 0.1) is 0 Å². The van der Waals surface area contributed by atoms with Gasteiger partial charge in [-0.1, -0.05) is 19.1 Å². The molecular weight excluding hydrogens is 364 g/mol. The zero-order valence-electron chi connectivity index (χ0n) is 15.2. The molecule has 0 saturated carbocycles. The van der Waals surface area contributed by atoms with Gasteiger partial charge in [0.1, 0.15) is 42.7 Å². The Balaban J connectivity index is 1.86. The van der Waals surface area contributed by atoms with Crippen LogP contribution in [0.4, 0.5) is 0 Å². The molecule has 0 aromatic heterocycles. The monoisotopic (exact) mass is 394 g/mol. The molecule has 2 saturated heterocycles. The van der Waals surface area contributed by atoms with E-state index < -0.39 is 55.3 Å². The minimum Gasteiger partial charge on any atom is -0.388 e. The van der Waals surface area contributed by atoms with E-state index in [4.69, 9.17) is 18.9 Å². The summed E-state index contributed by atoms with van der Waals surface area (Å²) in [6.07, 6.45) is -6.59. The minimum absolute atomic E-state index is 0.227. The second-order valence-electron chi connectivity index (χ2n) is 6.64. The smallest absolute Gasteiger partial charge is 0.186 e. The van der Waals surface area contributed by atoms with Gasteiger partial charge in [-0.25, -0.2) is 0 Å². The van der Waals surface area contributed by atoms with Crippen LogP contribution in [0.15, 0.2) is 12.2 Å². The third-order valence-corrected chi connectivity index (χ3v) is 4.52. The first-order chi connectivity index (χ1) is 12.9. The van der Waals surface area contributed by atoms with Gasteiger partial charge in [-0.2, -0.15) is 0 Å². The van der Waals surface area contributed by atoms with E-state index in [1.807, 2.05) is 19.1 Å². The molecule has 2 rings (SSSR count). The summed E-state index contributed by atoms with van der Waals surface area (Å²) in [7, 11) is 0. The van der Waals surface area contributed by atoms with Gasteiger partial charge in [0.2, 0.25) is 0 Å². The number of hydrogen-bond acceptors (Lipinski definition) is 10. The Morgan fingerprint density at radius 3 is 2.26 bits per heavy atom. The molecule has 0 aromatic rings. The normalized spacial score (nSPS) is 43.3. The lowest BCUT2D eigenvalue weighted by atomic mass is 9.99. The van der Waals surface area contributed by atoms with Crippen molar-refractivity contribution in [2.45, 2.75) is 75.1 Å². The highest BCUT2D eigenvalue weighted by Crippen LogP contribution is 2.24. The molecule has 0 amide bonds. The van der Waals surface area contributed by atoms with Crippen molar-refractivity contribution in [3.8, 4) is 0 Å². The number of aliphatic hydroxyl groups is 6. The molecule has 9 atom stereocenters. The van der Waals surface area contributed by atoms with Gasteiger partial charge < -0.3 is 49.6 Å². The van der Waals surface area contributed by atoms with Crippen LogP contribution in [0.2, 0.25) is 0 Å². The summed E-state index contributed by atoms with van der Waals surface area (Å²) < 4.78 is 21.3. The Bertz CT molecular complexity index is 461. The summed E-state index contributed by atoms with van der Waals surface area (Å²) in [5.74, 6) is 0. The van der Waals surface area contributed by atoms with E-state index in [2.05, 4.69) is 0 Å². The van der Waals surface area contributed by atoms with E-state index in [9.17, 15) is 30.6 Å². The first kappa shape index (κ1) is 22.6. The van der Waals surface area contributed by atoms with E-state index >= 15 is 0 Å². The summed E-state index contributed by atoms with van der Waals surface area (Å²) in [6.45, 7) is 1.73. The van der Waals surface area contributed by atoms with Crippen LogP contribution in [0.3, 0.4) is 0 Å². The SMILES string of the molecule is CC/C=C\CCO[C@@H]1O[C@H](CO[C@@H]2OC[C@H](O)[C@H](O)[C@H]2O)[C@@H](O)[C@H](O)[C@H]1O. The maximum atomic E-state index is 10.1. The van der Waals surface area contributed by atoms with Crippen LogP contribution in [-0.2, 0) is 18.9 Å². The number of rotatable bonds is 8. The van der Waals surface area contributed by atoms with Crippen LogP contribution in [0.25, 0.3) is 0 Å². The molecule has 2 aliphatic heterocycles. The standard InChI is InChI=1S/C17H30O10/c1-2-3-4-5-6-24-17-15(23)13(21)12(20)10(27-17)8-26-16-14(22)11(19)9(18)7-25-16/h3-4,9-23H,2,5-8H2,1H3/b4-3-/t9-,10+,11-,12+,13-,14+,15+,16-,17+/m0/s1. The molecule has 6 N–H and O–H groups in total. The Kier molecular flexibility index (Phi) is 9.02. The van der Waals surface area contributed by atoms with E-state index in [0.29, 0.717) is 6.42 Å². The molecule has 2 aliphatic rings. The van der Waals surface area contributed by atoms with E-state index in [1.54, 1.807) is 0 Å². The molecule has 2 fully saturated rings. The van der Waals surface area contributed by atoms with Crippen molar-refractivity contribution in [2.24, 2.45) is 0 Å². The van der Waals surface area contributed by atoms with Crippen molar-refractivity contribution in [3.63, 3.8) is 0 Å². The highest BCUT2D eigenvalue weighted by molar-refractivity contribution is 4.90. The van der Waals surface area contributed by atoms with Crippen LogP contribution in [0.1, 0.15) is 19.8 Å². The maximum Gasteiger partial charge on any atom is 0.186 e. The fourth-order valence-corrected chi connectivity index (χ4v) is 2.84. The molecule has 0 radical (unpaired) electrons. The van der Waals surface area contributed by atoms with Gasteiger partial charge in [-0.3, -0.25) is 0 Å². The van der Waals surface area contributed by atoms with Crippen LogP contribution >= 0.6 is 0 Å². The first-order valence-electron chi connectivity index (χ1n) is 9.10. The van der Waals surface area contributed by atoms with Gasteiger partial charge >= 0.3 is 0 Å². The fourth-order valence-electron chi connectivity index (χ4n) is 2.84. The zero-order chi connectivity index (χ0) is 20.0. The van der Waals surface area contributed by atoms with E-state index in [0.717, 1.165) is 6.42 Å². The minimum atomic E-state index is -1.51. The lowest BCUT2D eigenvalue weighted by Gasteiger charge is -2.41. The van der Waals surface area contributed by atoms with Crippen molar-refractivity contribution < 1.29 is 49.6 Å². The number of hydrogen-bond donors (Lipinski definition) is 6. The van der Waals surface area contributed by atoms with Crippen molar-refractivity contribution in [1.29, 1.82) is 0 Å². The largest absolute Gasteiger partial charge is 0.388 e. The highest BCUT2D eigenvalue weighted by Gasteiger charge is 2.45. The Morgan fingerprint density at radius 2 is 1.56 bits per heavy atom. The van der Waals surface area contributed by atoms with Gasteiger partial charge in [0.15, 0.2) is 12.6 Å². The number of aliphatic hydroxyl groups excluding tert-OH is 6. The molecule has 0 unspecified atom stereocenters. The summed E-state index contributed by atoms with van der Waals surface area (Å²) in [5, 5.41) is 59.0. The summed E-state index contributed by atoms with van der Waals surface area (Å²) >= 11 is 0. The molecule has 2 heterocycles. The molecule has 10 heteroatoms. The van der Waals surface area contributed by atoms with Crippen molar-refractivity contribution in [3.05, 3.63) is 12.2 Å². The zero-order valence-corrected chi connectivity index (χ0v) is 15.2. The van der Waals surface area contributed by atoms with Gasteiger partial charge in [0, 0.05) is 0 Å². The second kappa shape index (κ2) is 10.8. The molecular formula is C17H30O10. The third-order valence-electron chi connectivity index (χ3n) is 4.52. The maximum absolute atomic E-state index is 10.1. The molecule has 0 spiro atoms. The third kappa shape index (κ3) is 5.91. The molecule has 27 heavy (non-hydrogen) atoms. The number of allylic oxidation sites excluding steroid dienone is 1. The lowest BCUT2D eigenvalue weighted by Crippen LogP contribution is -2.60. The second-order valence-corrected chi connectivity index (χ2v) is 6.64. The number of ether oxygens (including phenoxy) is 4. The van der Waals surface area contributed by atoms with Gasteiger partial charge in [-0.05, 0) is 12.8 Å².